The average molecular weight is 641 g/mol. The van der Waals surface area contributed by atoms with Crippen molar-refractivity contribution in [2.75, 3.05) is 44.7 Å². The first-order chi connectivity index (χ1) is 18.4. The highest BCUT2D eigenvalue weighted by Gasteiger charge is 2.27. The fraction of sp³-hybridized carbons (Fsp3) is 0.269. The molecular weight excluding hydrogens is 610 g/mol. The molecule has 10 nitrogen and oxygen atoms in total. The minimum atomic E-state index is -4.06. The van der Waals surface area contributed by atoms with Crippen LogP contribution in [0.2, 0.25) is 0 Å². The number of rotatable bonds is 13. The summed E-state index contributed by atoms with van der Waals surface area (Å²) in [6.45, 7) is 2.05. The number of carbonyl (C=O) groups excluding carboxylic acids is 1. The number of nitrogens with zero attached hydrogens (tertiary/aromatic N) is 2. The maximum atomic E-state index is 13.5. The molecule has 3 aromatic carbocycles. The SMILES string of the molecule is CCOc1ccc(N(CC(=O)NCCOc2ccc(S(=O)(=O)N(C)C)cc2)S(=O)(=O)c2ccc(Br)cc2)cc1. The maximum Gasteiger partial charge on any atom is 0.264 e. The van der Waals surface area contributed by atoms with Crippen LogP contribution in [0.15, 0.2) is 87.1 Å². The number of anilines is 1. The van der Waals surface area contributed by atoms with Crippen molar-refractivity contribution in [3.8, 4) is 11.5 Å². The van der Waals surface area contributed by atoms with Crippen LogP contribution in [-0.2, 0) is 24.8 Å². The molecule has 0 saturated carbocycles. The van der Waals surface area contributed by atoms with Crippen LogP contribution >= 0.6 is 15.9 Å². The van der Waals surface area contributed by atoms with E-state index < -0.39 is 32.5 Å². The van der Waals surface area contributed by atoms with Crippen molar-refractivity contribution in [3.63, 3.8) is 0 Å². The first kappa shape index (κ1) is 30.4. The molecule has 1 N–H and O–H groups in total. The maximum absolute atomic E-state index is 13.5. The first-order valence-electron chi connectivity index (χ1n) is 11.9. The predicted molar refractivity (Wildman–Crippen MR) is 152 cm³/mol. The van der Waals surface area contributed by atoms with Crippen LogP contribution in [0.5, 0.6) is 11.5 Å². The lowest BCUT2D eigenvalue weighted by molar-refractivity contribution is -0.119. The standard InChI is InChI=1S/C26H30BrN3O7S2/c1-4-36-22-9-7-21(8-10-22)30(39(34,35)25-13-5-20(27)6-14-25)19-26(31)28-17-18-37-23-11-15-24(16-12-23)38(32,33)29(2)3/h5-16H,4,17-19H2,1-3H3,(H,28,31). The zero-order valence-electron chi connectivity index (χ0n) is 21.7. The number of benzene rings is 3. The zero-order chi connectivity index (χ0) is 28.6. The van der Waals surface area contributed by atoms with Gasteiger partial charge in [-0.25, -0.2) is 21.1 Å². The van der Waals surface area contributed by atoms with Gasteiger partial charge >= 0.3 is 0 Å². The van der Waals surface area contributed by atoms with E-state index in [4.69, 9.17) is 9.47 Å². The molecule has 0 heterocycles. The Morgan fingerprint density at radius 2 is 1.31 bits per heavy atom. The molecule has 13 heteroatoms. The van der Waals surface area contributed by atoms with E-state index in [1.807, 2.05) is 6.92 Å². The number of carbonyl (C=O) groups is 1. The molecule has 3 aromatic rings. The second-order valence-corrected chi connectivity index (χ2v) is 13.3. The molecule has 0 aliphatic carbocycles. The molecule has 1 amide bonds. The van der Waals surface area contributed by atoms with E-state index >= 15 is 0 Å². The third-order valence-corrected chi connectivity index (χ3v) is 9.57. The van der Waals surface area contributed by atoms with Gasteiger partial charge in [0.05, 0.1) is 28.6 Å². The summed E-state index contributed by atoms with van der Waals surface area (Å²) in [5, 5.41) is 2.66. The number of ether oxygens (including phenoxy) is 2. The van der Waals surface area contributed by atoms with Gasteiger partial charge in [-0.15, -0.1) is 0 Å². The first-order valence-corrected chi connectivity index (χ1v) is 15.6. The van der Waals surface area contributed by atoms with Crippen LogP contribution in [0.4, 0.5) is 5.69 Å². The van der Waals surface area contributed by atoms with Gasteiger partial charge < -0.3 is 14.8 Å². The van der Waals surface area contributed by atoms with Gasteiger partial charge in [0.1, 0.15) is 24.7 Å². The number of halogens is 1. The predicted octanol–water partition coefficient (Wildman–Crippen LogP) is 3.49. The fourth-order valence-corrected chi connectivity index (χ4v) is 5.98. The van der Waals surface area contributed by atoms with Gasteiger partial charge in [-0.2, -0.15) is 0 Å². The summed E-state index contributed by atoms with van der Waals surface area (Å²) in [4.78, 5) is 13.0. The molecule has 0 fully saturated rings. The lowest BCUT2D eigenvalue weighted by Gasteiger charge is -2.24. The fourth-order valence-electron chi connectivity index (χ4n) is 3.39. The van der Waals surface area contributed by atoms with Crippen LogP contribution < -0.4 is 19.1 Å². The summed E-state index contributed by atoms with van der Waals surface area (Å²) < 4.78 is 65.2. The minimum absolute atomic E-state index is 0.0374. The topological polar surface area (TPSA) is 122 Å². The number of hydrogen-bond donors (Lipinski definition) is 1. The average Bonchev–Trinajstić information content (AvgIpc) is 2.91. The van der Waals surface area contributed by atoms with Crippen molar-refractivity contribution < 1.29 is 31.1 Å². The minimum Gasteiger partial charge on any atom is -0.494 e. The van der Waals surface area contributed by atoms with Gasteiger partial charge in [0.2, 0.25) is 15.9 Å². The van der Waals surface area contributed by atoms with Crippen LogP contribution in [0, 0.1) is 0 Å². The molecule has 0 bridgehead atoms. The van der Waals surface area contributed by atoms with Gasteiger partial charge in [-0.3, -0.25) is 9.10 Å². The van der Waals surface area contributed by atoms with E-state index in [0.717, 1.165) is 13.1 Å². The normalized spacial score (nSPS) is 11.7. The van der Waals surface area contributed by atoms with Crippen LogP contribution in [0.1, 0.15) is 6.92 Å². The zero-order valence-corrected chi connectivity index (χ0v) is 24.9. The highest BCUT2D eigenvalue weighted by atomic mass is 79.9. The van der Waals surface area contributed by atoms with E-state index in [9.17, 15) is 21.6 Å². The van der Waals surface area contributed by atoms with Crippen molar-refractivity contribution >= 4 is 47.6 Å². The van der Waals surface area contributed by atoms with Crippen LogP contribution in [0.25, 0.3) is 0 Å². The van der Waals surface area contributed by atoms with Gasteiger partial charge in [0.15, 0.2) is 0 Å². The summed E-state index contributed by atoms with van der Waals surface area (Å²) in [5.41, 5.74) is 0.306. The smallest absolute Gasteiger partial charge is 0.264 e. The van der Waals surface area contributed by atoms with E-state index in [1.165, 1.54) is 50.5 Å². The molecule has 0 unspecified atom stereocenters. The molecule has 0 radical (unpaired) electrons. The van der Waals surface area contributed by atoms with E-state index in [2.05, 4.69) is 21.2 Å². The molecule has 3 rings (SSSR count). The van der Waals surface area contributed by atoms with Crippen molar-refractivity contribution in [2.24, 2.45) is 0 Å². The molecule has 210 valence electrons. The molecule has 0 aliphatic heterocycles. The third kappa shape index (κ3) is 7.94. The van der Waals surface area contributed by atoms with E-state index in [0.29, 0.717) is 23.8 Å². The van der Waals surface area contributed by atoms with E-state index in [-0.39, 0.29) is 22.9 Å². The lowest BCUT2D eigenvalue weighted by atomic mass is 10.3. The highest BCUT2D eigenvalue weighted by molar-refractivity contribution is 9.10. The second-order valence-electron chi connectivity index (χ2n) is 8.35. The molecule has 0 aliphatic rings. The molecule has 0 spiro atoms. The Morgan fingerprint density at radius 3 is 1.87 bits per heavy atom. The largest absolute Gasteiger partial charge is 0.494 e. The van der Waals surface area contributed by atoms with E-state index in [1.54, 1.807) is 36.4 Å². The Balaban J connectivity index is 1.66. The van der Waals surface area contributed by atoms with Crippen molar-refractivity contribution in [3.05, 3.63) is 77.3 Å². The number of amides is 1. The van der Waals surface area contributed by atoms with Gasteiger partial charge in [0, 0.05) is 18.6 Å². The highest BCUT2D eigenvalue weighted by Crippen LogP contribution is 2.26. The summed E-state index contributed by atoms with van der Waals surface area (Å²) in [5.74, 6) is 0.479. The van der Waals surface area contributed by atoms with Gasteiger partial charge in [-0.05, 0) is 79.7 Å². The molecule has 0 saturated heterocycles. The number of hydrogen-bond acceptors (Lipinski definition) is 7. The van der Waals surface area contributed by atoms with Crippen molar-refractivity contribution in [2.45, 2.75) is 16.7 Å². The Kier molecular flexibility index (Phi) is 10.4. The monoisotopic (exact) mass is 639 g/mol. The molecule has 0 aromatic heterocycles. The Labute approximate surface area is 237 Å². The van der Waals surface area contributed by atoms with Crippen molar-refractivity contribution in [1.29, 1.82) is 0 Å². The Bertz CT molecular complexity index is 1460. The second kappa shape index (κ2) is 13.3. The van der Waals surface area contributed by atoms with Gasteiger partial charge in [-0.1, -0.05) is 15.9 Å². The molecular formula is C26H30BrN3O7S2. The van der Waals surface area contributed by atoms with Crippen molar-refractivity contribution in [1.82, 2.24) is 9.62 Å². The summed E-state index contributed by atoms with van der Waals surface area (Å²) in [6.07, 6.45) is 0. The van der Waals surface area contributed by atoms with Gasteiger partial charge in [0.25, 0.3) is 10.0 Å². The quantitative estimate of drug-likeness (QED) is 0.284. The summed E-state index contributed by atoms with van der Waals surface area (Å²) in [7, 11) is -4.71. The summed E-state index contributed by atoms with van der Waals surface area (Å²) in [6, 6.07) is 18.5. The summed E-state index contributed by atoms with van der Waals surface area (Å²) >= 11 is 3.30. The molecule has 39 heavy (non-hydrogen) atoms. The third-order valence-electron chi connectivity index (χ3n) is 5.42. The Hall–Kier alpha value is -3.13. The van der Waals surface area contributed by atoms with Crippen LogP contribution in [-0.4, -0.2) is 67.4 Å². The number of nitrogens with one attached hydrogen (secondary N) is 1. The van der Waals surface area contributed by atoms with Crippen LogP contribution in [0.3, 0.4) is 0 Å². The Morgan fingerprint density at radius 1 is 0.795 bits per heavy atom. The molecule has 0 atom stereocenters. The number of sulfonamides is 2. The lowest BCUT2D eigenvalue weighted by Crippen LogP contribution is -2.41.